The summed E-state index contributed by atoms with van der Waals surface area (Å²) in [5.74, 6) is -0.625. The fourth-order valence-electron chi connectivity index (χ4n) is 3.09. The Labute approximate surface area is 152 Å². The van der Waals surface area contributed by atoms with Crippen LogP contribution in [-0.2, 0) is 10.5 Å². The van der Waals surface area contributed by atoms with Gasteiger partial charge in [0, 0.05) is 17.8 Å². The van der Waals surface area contributed by atoms with E-state index in [1.54, 1.807) is 36.4 Å². The molecular formula is C20H23N3O3. The van der Waals surface area contributed by atoms with E-state index in [0.717, 1.165) is 22.4 Å². The second-order valence-electron chi connectivity index (χ2n) is 6.51. The molecule has 0 saturated heterocycles. The minimum atomic E-state index is -2.13. The Kier molecular flexibility index (Phi) is 4.70. The van der Waals surface area contributed by atoms with Crippen LogP contribution >= 0.6 is 0 Å². The summed E-state index contributed by atoms with van der Waals surface area (Å²) in [5, 5.41) is 17.0. The molecule has 6 heteroatoms. The van der Waals surface area contributed by atoms with Crippen LogP contribution in [0.4, 0.5) is 16.2 Å². The first-order valence-electron chi connectivity index (χ1n) is 8.68. The number of nitrogens with zero attached hydrogens (tertiary/aromatic N) is 1. The zero-order valence-corrected chi connectivity index (χ0v) is 15.2. The van der Waals surface area contributed by atoms with E-state index < -0.39 is 17.7 Å². The molecule has 6 nitrogen and oxygen atoms in total. The highest BCUT2D eigenvalue weighted by Gasteiger charge is 2.51. The molecule has 0 fully saturated rings. The quantitative estimate of drug-likeness (QED) is 0.790. The maximum atomic E-state index is 12.9. The highest BCUT2D eigenvalue weighted by molar-refractivity contribution is 6.11. The van der Waals surface area contributed by atoms with Crippen LogP contribution in [0.2, 0.25) is 0 Å². The molecule has 136 valence electrons. The van der Waals surface area contributed by atoms with Gasteiger partial charge in [-0.3, -0.25) is 9.69 Å². The Bertz CT molecular complexity index is 865. The minimum Gasteiger partial charge on any atom is -0.359 e. The molecule has 0 saturated carbocycles. The number of amides is 3. The number of aliphatic hydroxyl groups is 1. The number of rotatable bonds is 4. The Hall–Kier alpha value is -2.86. The average Bonchev–Trinajstić information content (AvgIpc) is 2.62. The fraction of sp³-hybridized carbons (Fsp3) is 0.300. The second-order valence-corrected chi connectivity index (χ2v) is 6.51. The number of carbonyl (C=O) groups excluding carboxylic acids is 2. The molecule has 26 heavy (non-hydrogen) atoms. The summed E-state index contributed by atoms with van der Waals surface area (Å²) >= 11 is 0. The van der Waals surface area contributed by atoms with Crippen LogP contribution in [0.1, 0.15) is 30.0 Å². The van der Waals surface area contributed by atoms with Crippen molar-refractivity contribution in [2.24, 2.45) is 0 Å². The Balaban J connectivity index is 2.18. The number of carbonyl (C=O) groups is 2. The van der Waals surface area contributed by atoms with Gasteiger partial charge >= 0.3 is 6.03 Å². The monoisotopic (exact) mass is 353 g/mol. The molecule has 0 bridgehead atoms. The molecule has 3 N–H and O–H groups in total. The lowest BCUT2D eigenvalue weighted by Crippen LogP contribution is -2.62. The van der Waals surface area contributed by atoms with Crippen molar-refractivity contribution in [1.82, 2.24) is 5.32 Å². The molecule has 1 aliphatic heterocycles. The molecule has 0 spiro atoms. The first-order valence-corrected chi connectivity index (χ1v) is 8.68. The number of nitrogens with one attached hydrogen (secondary N) is 2. The van der Waals surface area contributed by atoms with E-state index in [0.29, 0.717) is 23.5 Å². The Morgan fingerprint density at radius 1 is 1.19 bits per heavy atom. The third-order valence-corrected chi connectivity index (χ3v) is 4.67. The lowest BCUT2D eigenvalue weighted by Gasteiger charge is -2.42. The highest BCUT2D eigenvalue weighted by atomic mass is 16.3. The molecule has 2 aromatic rings. The highest BCUT2D eigenvalue weighted by Crippen LogP contribution is 2.40. The summed E-state index contributed by atoms with van der Waals surface area (Å²) in [5.41, 5.74) is 1.11. The Morgan fingerprint density at radius 3 is 2.62 bits per heavy atom. The van der Waals surface area contributed by atoms with E-state index in [4.69, 9.17) is 0 Å². The van der Waals surface area contributed by atoms with Crippen LogP contribution in [0.5, 0.6) is 0 Å². The molecule has 1 aliphatic rings. The van der Waals surface area contributed by atoms with E-state index >= 15 is 0 Å². The molecular weight excluding hydrogens is 330 g/mol. The number of fused-ring (bicyclic) bond motifs is 1. The molecule has 2 aromatic carbocycles. The number of aryl methyl sites for hydroxylation is 2. The normalized spacial score (nSPS) is 18.9. The molecule has 0 radical (unpaired) electrons. The maximum absolute atomic E-state index is 12.9. The van der Waals surface area contributed by atoms with Crippen molar-refractivity contribution in [3.8, 4) is 0 Å². The molecule has 3 rings (SSSR count). The summed E-state index contributed by atoms with van der Waals surface area (Å²) < 4.78 is 0. The van der Waals surface area contributed by atoms with Crippen molar-refractivity contribution in [1.29, 1.82) is 0 Å². The van der Waals surface area contributed by atoms with Crippen molar-refractivity contribution in [2.45, 2.75) is 32.9 Å². The zero-order valence-electron chi connectivity index (χ0n) is 15.2. The van der Waals surface area contributed by atoms with Crippen LogP contribution in [0, 0.1) is 13.8 Å². The maximum Gasteiger partial charge on any atom is 0.329 e. The van der Waals surface area contributed by atoms with Crippen molar-refractivity contribution in [3.05, 3.63) is 59.2 Å². The van der Waals surface area contributed by atoms with Crippen LogP contribution in [0.3, 0.4) is 0 Å². The number of hydrogen-bond donors (Lipinski definition) is 3. The van der Waals surface area contributed by atoms with E-state index in [-0.39, 0.29) is 0 Å². The van der Waals surface area contributed by atoms with Crippen molar-refractivity contribution in [3.63, 3.8) is 0 Å². The molecule has 1 atom stereocenters. The lowest BCUT2D eigenvalue weighted by molar-refractivity contribution is -0.140. The van der Waals surface area contributed by atoms with Gasteiger partial charge in [0.2, 0.25) is 0 Å². The Morgan fingerprint density at radius 2 is 1.92 bits per heavy atom. The third-order valence-electron chi connectivity index (χ3n) is 4.67. The van der Waals surface area contributed by atoms with Gasteiger partial charge in [-0.25, -0.2) is 4.79 Å². The molecule has 0 aliphatic carbocycles. The molecule has 0 aromatic heterocycles. The minimum absolute atomic E-state index is 0.339. The van der Waals surface area contributed by atoms with Crippen LogP contribution in [-0.4, -0.2) is 23.6 Å². The van der Waals surface area contributed by atoms with E-state index in [1.165, 1.54) is 0 Å². The number of hydrogen-bond acceptors (Lipinski definition) is 3. The van der Waals surface area contributed by atoms with Crippen LogP contribution in [0.25, 0.3) is 0 Å². The topological polar surface area (TPSA) is 81.7 Å². The first-order chi connectivity index (χ1) is 12.4. The zero-order chi connectivity index (χ0) is 18.9. The predicted molar refractivity (Wildman–Crippen MR) is 101 cm³/mol. The standard InChI is InChI=1S/C20H23N3O3/c1-4-11-21-18(24)20(26)16-7-5-6-8-17(16)22-19(25)23(20)15-10-9-13(2)14(3)12-15/h5-10,12,26H,4,11H2,1-3H3,(H,21,24)(H,22,25). The lowest BCUT2D eigenvalue weighted by atomic mass is 9.94. The summed E-state index contributed by atoms with van der Waals surface area (Å²) in [7, 11) is 0. The van der Waals surface area contributed by atoms with E-state index in [2.05, 4.69) is 10.6 Å². The predicted octanol–water partition coefficient (Wildman–Crippen LogP) is 3.03. The summed E-state index contributed by atoms with van der Waals surface area (Å²) in [4.78, 5) is 26.9. The number of benzene rings is 2. The van der Waals surface area contributed by atoms with E-state index in [1.807, 2.05) is 26.8 Å². The first kappa shape index (κ1) is 17.9. The summed E-state index contributed by atoms with van der Waals surface area (Å²) in [6, 6.07) is 11.6. The van der Waals surface area contributed by atoms with Gasteiger partial charge in [-0.1, -0.05) is 31.2 Å². The average molecular weight is 353 g/mol. The second kappa shape index (κ2) is 6.80. The molecule has 1 unspecified atom stereocenters. The third kappa shape index (κ3) is 2.82. The number of urea groups is 1. The summed E-state index contributed by atoms with van der Waals surface area (Å²) in [6.07, 6.45) is 0.722. The van der Waals surface area contributed by atoms with Crippen molar-refractivity contribution >= 4 is 23.3 Å². The summed E-state index contributed by atoms with van der Waals surface area (Å²) in [6.45, 7) is 6.22. The SMILES string of the molecule is CCCNC(=O)C1(O)c2ccccc2NC(=O)N1c1ccc(C)c(C)c1. The van der Waals surface area contributed by atoms with Crippen molar-refractivity contribution in [2.75, 3.05) is 16.8 Å². The van der Waals surface area contributed by atoms with Gasteiger partial charge in [-0.05, 0) is 49.6 Å². The van der Waals surface area contributed by atoms with Gasteiger partial charge in [0.1, 0.15) is 0 Å². The van der Waals surface area contributed by atoms with E-state index in [9.17, 15) is 14.7 Å². The fourth-order valence-corrected chi connectivity index (χ4v) is 3.09. The van der Waals surface area contributed by atoms with Crippen LogP contribution in [0.15, 0.2) is 42.5 Å². The van der Waals surface area contributed by atoms with Crippen LogP contribution < -0.4 is 15.5 Å². The van der Waals surface area contributed by atoms with Gasteiger partial charge in [0.15, 0.2) is 0 Å². The molecule has 3 amide bonds. The number of anilines is 2. The smallest absolute Gasteiger partial charge is 0.329 e. The van der Waals surface area contributed by atoms with Gasteiger partial charge < -0.3 is 15.7 Å². The van der Waals surface area contributed by atoms with Gasteiger partial charge in [-0.2, -0.15) is 0 Å². The molecule has 1 heterocycles. The van der Waals surface area contributed by atoms with Gasteiger partial charge in [0.05, 0.1) is 5.69 Å². The number of para-hydroxylation sites is 1. The van der Waals surface area contributed by atoms with Gasteiger partial charge in [-0.15, -0.1) is 0 Å². The van der Waals surface area contributed by atoms with Gasteiger partial charge in [0.25, 0.3) is 11.6 Å². The largest absolute Gasteiger partial charge is 0.359 e. The van der Waals surface area contributed by atoms with Crippen molar-refractivity contribution < 1.29 is 14.7 Å².